The second kappa shape index (κ2) is 10.4. The summed E-state index contributed by atoms with van der Waals surface area (Å²) in [6.45, 7) is 4.04. The standard InChI is InChI=1S/C25H21ClFN7O2/c1-14(2)34-9-8-21(33-34)23-19(26)13-29-25(32-23)31-17-4-6-18(22(11-17)36-3)24(35)30-16-5-7-20(27)15(10-16)12-28/h4-11,13-14H,1-3H3,(H,30,35)(H,29,31,32). The van der Waals surface area contributed by atoms with Gasteiger partial charge in [0.05, 0.1) is 29.5 Å². The third-order valence-electron chi connectivity index (χ3n) is 5.17. The minimum atomic E-state index is -0.663. The van der Waals surface area contributed by atoms with Crippen LogP contribution in [0.1, 0.15) is 35.8 Å². The lowest BCUT2D eigenvalue weighted by molar-refractivity contribution is 0.102. The van der Waals surface area contributed by atoms with Crippen LogP contribution in [0.25, 0.3) is 11.4 Å². The molecule has 11 heteroatoms. The molecule has 0 aliphatic rings. The Kier molecular flexibility index (Phi) is 7.12. The highest BCUT2D eigenvalue weighted by molar-refractivity contribution is 6.32. The fourth-order valence-electron chi connectivity index (χ4n) is 3.33. The molecule has 36 heavy (non-hydrogen) atoms. The number of rotatable bonds is 7. The van der Waals surface area contributed by atoms with Gasteiger partial charge in [0.15, 0.2) is 0 Å². The molecule has 2 heterocycles. The highest BCUT2D eigenvalue weighted by Gasteiger charge is 2.16. The molecule has 0 aliphatic heterocycles. The lowest BCUT2D eigenvalue weighted by atomic mass is 10.1. The summed E-state index contributed by atoms with van der Waals surface area (Å²) in [6, 6.07) is 12.3. The van der Waals surface area contributed by atoms with Gasteiger partial charge in [-0.2, -0.15) is 10.4 Å². The van der Waals surface area contributed by atoms with Crippen LogP contribution in [-0.4, -0.2) is 32.8 Å². The van der Waals surface area contributed by atoms with E-state index >= 15 is 0 Å². The van der Waals surface area contributed by atoms with Crippen molar-refractivity contribution in [1.82, 2.24) is 19.7 Å². The highest BCUT2D eigenvalue weighted by Crippen LogP contribution is 2.29. The van der Waals surface area contributed by atoms with Crippen LogP contribution in [-0.2, 0) is 0 Å². The van der Waals surface area contributed by atoms with Crippen molar-refractivity contribution in [3.8, 4) is 23.2 Å². The van der Waals surface area contributed by atoms with Crippen molar-refractivity contribution in [2.75, 3.05) is 17.7 Å². The number of nitrogens with zero attached hydrogens (tertiary/aromatic N) is 5. The zero-order valence-electron chi connectivity index (χ0n) is 19.6. The third-order valence-corrected chi connectivity index (χ3v) is 5.45. The molecule has 0 spiro atoms. The van der Waals surface area contributed by atoms with E-state index in [9.17, 15) is 9.18 Å². The maximum atomic E-state index is 13.6. The first kappa shape index (κ1) is 24.6. The average molecular weight is 506 g/mol. The van der Waals surface area contributed by atoms with Crippen LogP contribution >= 0.6 is 11.6 Å². The molecule has 9 nitrogen and oxygen atoms in total. The van der Waals surface area contributed by atoms with E-state index in [0.29, 0.717) is 22.1 Å². The number of ether oxygens (including phenoxy) is 1. The molecule has 0 unspecified atom stereocenters. The van der Waals surface area contributed by atoms with Crippen molar-refractivity contribution < 1.29 is 13.9 Å². The zero-order chi connectivity index (χ0) is 25.8. The SMILES string of the molecule is COc1cc(Nc2ncc(Cl)c(-c3ccn(C(C)C)n3)n2)ccc1C(=O)Nc1ccc(F)c(C#N)c1. The monoisotopic (exact) mass is 505 g/mol. The molecule has 0 saturated carbocycles. The number of nitriles is 1. The molecular weight excluding hydrogens is 485 g/mol. The van der Waals surface area contributed by atoms with Gasteiger partial charge >= 0.3 is 0 Å². The van der Waals surface area contributed by atoms with Gasteiger partial charge in [-0.3, -0.25) is 9.48 Å². The van der Waals surface area contributed by atoms with Gasteiger partial charge < -0.3 is 15.4 Å². The minimum absolute atomic E-state index is 0.169. The Morgan fingerprint density at radius 1 is 1.19 bits per heavy atom. The van der Waals surface area contributed by atoms with E-state index in [4.69, 9.17) is 21.6 Å². The molecule has 2 aromatic heterocycles. The number of benzene rings is 2. The molecule has 0 fully saturated rings. The van der Waals surface area contributed by atoms with E-state index in [0.717, 1.165) is 6.07 Å². The number of carbonyl (C=O) groups excluding carboxylic acids is 1. The minimum Gasteiger partial charge on any atom is -0.496 e. The molecule has 0 bridgehead atoms. The summed E-state index contributed by atoms with van der Waals surface area (Å²) in [5, 5.41) is 19.6. The van der Waals surface area contributed by atoms with Crippen molar-refractivity contribution in [1.29, 1.82) is 5.26 Å². The van der Waals surface area contributed by atoms with Crippen molar-refractivity contribution in [3.05, 3.63) is 76.8 Å². The Hall–Kier alpha value is -4.49. The second-order valence-corrected chi connectivity index (χ2v) is 8.37. The van der Waals surface area contributed by atoms with Gasteiger partial charge in [-0.15, -0.1) is 0 Å². The third kappa shape index (κ3) is 5.26. The van der Waals surface area contributed by atoms with Crippen molar-refractivity contribution in [2.45, 2.75) is 19.9 Å². The molecule has 4 rings (SSSR count). The predicted octanol–water partition coefficient (Wildman–Crippen LogP) is 5.59. The summed E-state index contributed by atoms with van der Waals surface area (Å²) in [5.41, 5.74) is 2.01. The van der Waals surface area contributed by atoms with Crippen LogP contribution in [0, 0.1) is 17.1 Å². The normalized spacial score (nSPS) is 10.7. The van der Waals surface area contributed by atoms with Gasteiger partial charge in [0, 0.05) is 29.7 Å². The number of amides is 1. The van der Waals surface area contributed by atoms with E-state index in [1.165, 1.54) is 25.4 Å². The first-order valence-electron chi connectivity index (χ1n) is 10.8. The summed E-state index contributed by atoms with van der Waals surface area (Å²) in [6.07, 6.45) is 3.34. The number of methoxy groups -OCH3 is 1. The van der Waals surface area contributed by atoms with Crippen LogP contribution in [0.3, 0.4) is 0 Å². The number of anilines is 3. The number of aromatic nitrogens is 4. The number of nitrogens with one attached hydrogen (secondary N) is 2. The lowest BCUT2D eigenvalue weighted by Crippen LogP contribution is -2.13. The molecule has 1 amide bonds. The molecule has 2 aromatic carbocycles. The number of halogens is 2. The van der Waals surface area contributed by atoms with Gasteiger partial charge in [-0.25, -0.2) is 14.4 Å². The quantitative estimate of drug-likeness (QED) is 0.336. The van der Waals surface area contributed by atoms with E-state index < -0.39 is 11.7 Å². The predicted molar refractivity (Wildman–Crippen MR) is 134 cm³/mol. The van der Waals surface area contributed by atoms with E-state index in [-0.39, 0.29) is 34.6 Å². The molecule has 182 valence electrons. The Morgan fingerprint density at radius 2 is 1.97 bits per heavy atom. The molecule has 2 N–H and O–H groups in total. The number of hydrogen-bond donors (Lipinski definition) is 2. The van der Waals surface area contributed by atoms with Crippen molar-refractivity contribution >= 4 is 34.8 Å². The van der Waals surface area contributed by atoms with Crippen LogP contribution < -0.4 is 15.4 Å². The second-order valence-electron chi connectivity index (χ2n) is 7.97. The first-order chi connectivity index (χ1) is 17.3. The zero-order valence-corrected chi connectivity index (χ0v) is 20.3. The van der Waals surface area contributed by atoms with E-state index in [2.05, 4.69) is 25.7 Å². The summed E-state index contributed by atoms with van der Waals surface area (Å²) < 4.78 is 20.8. The summed E-state index contributed by atoms with van der Waals surface area (Å²) >= 11 is 6.31. The Bertz CT molecular complexity index is 1480. The first-order valence-corrected chi connectivity index (χ1v) is 11.2. The van der Waals surface area contributed by atoms with E-state index in [1.807, 2.05) is 30.8 Å². The molecular formula is C25H21ClFN7O2. The highest BCUT2D eigenvalue weighted by atomic mass is 35.5. The molecule has 0 saturated heterocycles. The fraction of sp³-hybridized carbons (Fsp3) is 0.160. The average Bonchev–Trinajstić information content (AvgIpc) is 3.37. The smallest absolute Gasteiger partial charge is 0.259 e. The van der Waals surface area contributed by atoms with Gasteiger partial charge in [-0.1, -0.05) is 11.6 Å². The Labute approximate surface area is 211 Å². The molecule has 0 aliphatic carbocycles. The maximum absolute atomic E-state index is 13.6. The topological polar surface area (TPSA) is 118 Å². The van der Waals surface area contributed by atoms with Crippen molar-refractivity contribution in [2.24, 2.45) is 0 Å². The Morgan fingerprint density at radius 3 is 2.67 bits per heavy atom. The summed E-state index contributed by atoms with van der Waals surface area (Å²) in [5.74, 6) is -0.586. The van der Waals surface area contributed by atoms with Crippen LogP contribution in [0.2, 0.25) is 5.02 Å². The lowest BCUT2D eigenvalue weighted by Gasteiger charge is -2.12. The molecule has 0 radical (unpaired) electrons. The number of carbonyl (C=O) groups is 1. The van der Waals surface area contributed by atoms with Crippen LogP contribution in [0.4, 0.5) is 21.7 Å². The van der Waals surface area contributed by atoms with Gasteiger partial charge in [-0.05, 0) is 50.2 Å². The molecule has 4 aromatic rings. The van der Waals surface area contributed by atoms with E-state index in [1.54, 1.807) is 24.3 Å². The van der Waals surface area contributed by atoms with Gasteiger partial charge in [0.1, 0.15) is 29.0 Å². The van der Waals surface area contributed by atoms with Gasteiger partial charge in [0.25, 0.3) is 5.91 Å². The van der Waals surface area contributed by atoms with Crippen LogP contribution in [0.15, 0.2) is 54.9 Å². The maximum Gasteiger partial charge on any atom is 0.259 e. The Balaban J connectivity index is 1.55. The van der Waals surface area contributed by atoms with Crippen molar-refractivity contribution in [3.63, 3.8) is 0 Å². The van der Waals surface area contributed by atoms with Crippen LogP contribution in [0.5, 0.6) is 5.75 Å². The summed E-state index contributed by atoms with van der Waals surface area (Å²) in [4.78, 5) is 21.5. The van der Waals surface area contributed by atoms with Gasteiger partial charge in [0.2, 0.25) is 5.95 Å². The molecule has 0 atom stereocenters. The largest absolute Gasteiger partial charge is 0.496 e. The number of hydrogen-bond acceptors (Lipinski definition) is 7. The fourth-order valence-corrected chi connectivity index (χ4v) is 3.52. The summed E-state index contributed by atoms with van der Waals surface area (Å²) in [7, 11) is 1.43.